The molecule has 5 rings (SSSR count). The molecule has 0 unspecified atom stereocenters. The molecule has 9 heteroatoms. The average Bonchev–Trinajstić information content (AvgIpc) is 2.89. The van der Waals surface area contributed by atoms with Crippen molar-refractivity contribution in [2.24, 2.45) is 0 Å². The van der Waals surface area contributed by atoms with Crippen molar-refractivity contribution >= 4 is 17.4 Å². The number of carbonyl (C=O) groups excluding carboxylic acids is 1. The van der Waals surface area contributed by atoms with E-state index in [1.807, 2.05) is 6.07 Å². The lowest BCUT2D eigenvalue weighted by Crippen LogP contribution is -2.41. The van der Waals surface area contributed by atoms with E-state index < -0.39 is 0 Å². The summed E-state index contributed by atoms with van der Waals surface area (Å²) < 4.78 is 6.89. The van der Waals surface area contributed by atoms with Gasteiger partial charge in [0.15, 0.2) is 0 Å². The smallest absolute Gasteiger partial charge is 0.270 e. The third-order valence-electron chi connectivity index (χ3n) is 6.47. The van der Waals surface area contributed by atoms with E-state index in [2.05, 4.69) is 22.9 Å². The Labute approximate surface area is 192 Å². The summed E-state index contributed by atoms with van der Waals surface area (Å²) in [5.74, 6) is 1.75. The Bertz CT molecular complexity index is 1210. The van der Waals surface area contributed by atoms with Crippen LogP contribution in [0.3, 0.4) is 0 Å². The SMILES string of the molecule is CCc1cc(N2CCOCC2)nc(C2CCN(C(=O)c3cnc4ccccn4c3=O)CC2)n1. The minimum Gasteiger partial charge on any atom is -0.378 e. The number of nitrogens with zero attached hydrogens (tertiary/aromatic N) is 6. The molecule has 172 valence electrons. The lowest BCUT2D eigenvalue weighted by Gasteiger charge is -2.32. The van der Waals surface area contributed by atoms with Crippen LogP contribution in [0, 0.1) is 0 Å². The number of amides is 1. The molecule has 0 atom stereocenters. The highest BCUT2D eigenvalue weighted by Crippen LogP contribution is 2.28. The number of aryl methyl sites for hydroxylation is 1. The van der Waals surface area contributed by atoms with Gasteiger partial charge in [0, 0.05) is 56.3 Å². The molecule has 2 aliphatic rings. The Balaban J connectivity index is 1.31. The largest absolute Gasteiger partial charge is 0.378 e. The number of hydrogen-bond acceptors (Lipinski definition) is 7. The lowest BCUT2D eigenvalue weighted by atomic mass is 9.95. The molecule has 33 heavy (non-hydrogen) atoms. The van der Waals surface area contributed by atoms with Gasteiger partial charge in [-0.05, 0) is 31.4 Å². The van der Waals surface area contributed by atoms with Gasteiger partial charge in [-0.2, -0.15) is 0 Å². The summed E-state index contributed by atoms with van der Waals surface area (Å²) in [6, 6.07) is 7.39. The third kappa shape index (κ3) is 4.32. The van der Waals surface area contributed by atoms with Gasteiger partial charge in [-0.25, -0.2) is 15.0 Å². The van der Waals surface area contributed by atoms with Crippen LogP contribution < -0.4 is 10.5 Å². The second-order valence-corrected chi connectivity index (χ2v) is 8.50. The number of pyridine rings is 1. The summed E-state index contributed by atoms with van der Waals surface area (Å²) in [6.45, 7) is 6.33. The Kier molecular flexibility index (Phi) is 6.04. The van der Waals surface area contributed by atoms with Crippen LogP contribution in [0.4, 0.5) is 5.82 Å². The number of likely N-dealkylation sites (tertiary alicyclic amines) is 1. The standard InChI is InChI=1S/C24H28N6O3/c1-2-18-15-21(28-11-13-33-14-12-28)27-22(26-18)17-6-9-29(10-7-17)23(31)19-16-25-20-5-3-4-8-30(20)24(19)32/h3-5,8,15-17H,2,6-7,9-14H2,1H3. The number of aromatic nitrogens is 4. The summed E-state index contributed by atoms with van der Waals surface area (Å²) in [4.78, 5) is 43.9. The zero-order chi connectivity index (χ0) is 22.8. The van der Waals surface area contributed by atoms with Gasteiger partial charge in [-0.15, -0.1) is 0 Å². The molecule has 0 spiro atoms. The van der Waals surface area contributed by atoms with E-state index in [0.29, 0.717) is 32.0 Å². The molecule has 0 saturated carbocycles. The van der Waals surface area contributed by atoms with E-state index in [9.17, 15) is 9.59 Å². The van der Waals surface area contributed by atoms with Gasteiger partial charge >= 0.3 is 0 Å². The first kappa shape index (κ1) is 21.5. The van der Waals surface area contributed by atoms with Crippen molar-refractivity contribution in [1.29, 1.82) is 0 Å². The molecule has 3 aromatic rings. The number of piperidine rings is 1. The van der Waals surface area contributed by atoms with Gasteiger partial charge in [-0.1, -0.05) is 13.0 Å². The van der Waals surface area contributed by atoms with Gasteiger partial charge in [0.1, 0.15) is 22.9 Å². The average molecular weight is 449 g/mol. The van der Waals surface area contributed by atoms with Crippen LogP contribution in [0.5, 0.6) is 0 Å². The van der Waals surface area contributed by atoms with Crippen LogP contribution in [0.2, 0.25) is 0 Å². The number of ether oxygens (including phenoxy) is 1. The molecule has 2 saturated heterocycles. The van der Waals surface area contributed by atoms with Crippen molar-refractivity contribution in [1.82, 2.24) is 24.3 Å². The first-order valence-corrected chi connectivity index (χ1v) is 11.6. The monoisotopic (exact) mass is 448 g/mol. The first-order chi connectivity index (χ1) is 16.1. The maximum atomic E-state index is 13.1. The van der Waals surface area contributed by atoms with Crippen LogP contribution in [-0.2, 0) is 11.2 Å². The maximum Gasteiger partial charge on any atom is 0.270 e. The topological polar surface area (TPSA) is 92.9 Å². The van der Waals surface area contributed by atoms with Gasteiger partial charge in [0.05, 0.1) is 13.2 Å². The van der Waals surface area contributed by atoms with Crippen molar-refractivity contribution in [3.05, 3.63) is 64.1 Å². The molecule has 0 aliphatic carbocycles. The van der Waals surface area contributed by atoms with Gasteiger partial charge < -0.3 is 14.5 Å². The van der Waals surface area contributed by atoms with Gasteiger partial charge in [0.2, 0.25) is 0 Å². The number of hydrogen-bond donors (Lipinski definition) is 0. The fourth-order valence-electron chi connectivity index (χ4n) is 4.51. The Morgan fingerprint density at radius 3 is 2.67 bits per heavy atom. The van der Waals surface area contributed by atoms with Crippen molar-refractivity contribution in [3.8, 4) is 0 Å². The van der Waals surface area contributed by atoms with Crippen LogP contribution >= 0.6 is 0 Å². The van der Waals surface area contributed by atoms with Crippen LogP contribution in [0.15, 0.2) is 41.5 Å². The fourth-order valence-corrected chi connectivity index (χ4v) is 4.51. The first-order valence-electron chi connectivity index (χ1n) is 11.6. The predicted octanol–water partition coefficient (Wildman–Crippen LogP) is 1.90. The van der Waals surface area contributed by atoms with E-state index >= 15 is 0 Å². The highest BCUT2D eigenvalue weighted by molar-refractivity contribution is 5.93. The number of morpholine rings is 1. The Hall–Kier alpha value is -3.33. The molecule has 0 aromatic carbocycles. The summed E-state index contributed by atoms with van der Waals surface area (Å²) >= 11 is 0. The molecular weight excluding hydrogens is 420 g/mol. The molecule has 0 bridgehead atoms. The molecule has 2 aliphatic heterocycles. The zero-order valence-corrected chi connectivity index (χ0v) is 18.8. The highest BCUT2D eigenvalue weighted by atomic mass is 16.5. The van der Waals surface area contributed by atoms with Crippen molar-refractivity contribution in [2.75, 3.05) is 44.3 Å². The quantitative estimate of drug-likeness (QED) is 0.602. The van der Waals surface area contributed by atoms with Crippen molar-refractivity contribution in [3.63, 3.8) is 0 Å². The van der Waals surface area contributed by atoms with E-state index in [1.165, 1.54) is 10.6 Å². The minimum absolute atomic E-state index is 0.107. The molecule has 0 N–H and O–H groups in total. The summed E-state index contributed by atoms with van der Waals surface area (Å²) in [5, 5.41) is 0. The number of carbonyl (C=O) groups is 1. The van der Waals surface area contributed by atoms with E-state index in [4.69, 9.17) is 14.7 Å². The summed E-state index contributed by atoms with van der Waals surface area (Å²) in [5.41, 5.74) is 1.34. The second-order valence-electron chi connectivity index (χ2n) is 8.50. The Morgan fingerprint density at radius 1 is 1.12 bits per heavy atom. The van der Waals surface area contributed by atoms with Crippen molar-refractivity contribution in [2.45, 2.75) is 32.1 Å². The molecule has 2 fully saturated rings. The second kappa shape index (κ2) is 9.27. The summed E-state index contributed by atoms with van der Waals surface area (Å²) in [7, 11) is 0. The zero-order valence-electron chi connectivity index (χ0n) is 18.8. The molecule has 3 aromatic heterocycles. The molecule has 0 radical (unpaired) electrons. The van der Waals surface area contributed by atoms with E-state index in [-0.39, 0.29) is 22.9 Å². The Morgan fingerprint density at radius 2 is 1.91 bits per heavy atom. The molecule has 9 nitrogen and oxygen atoms in total. The van der Waals surface area contributed by atoms with Crippen LogP contribution in [-0.4, -0.2) is 69.6 Å². The van der Waals surface area contributed by atoms with Gasteiger partial charge in [-0.3, -0.25) is 14.0 Å². The number of rotatable bonds is 4. The summed E-state index contributed by atoms with van der Waals surface area (Å²) in [6.07, 6.45) is 5.42. The van der Waals surface area contributed by atoms with Crippen LogP contribution in [0.1, 0.15) is 47.6 Å². The number of anilines is 1. The van der Waals surface area contributed by atoms with Crippen molar-refractivity contribution < 1.29 is 9.53 Å². The minimum atomic E-state index is -0.332. The van der Waals surface area contributed by atoms with Crippen LogP contribution in [0.25, 0.3) is 5.65 Å². The normalized spacial score (nSPS) is 17.5. The highest BCUT2D eigenvalue weighted by Gasteiger charge is 2.28. The molecule has 5 heterocycles. The number of fused-ring (bicyclic) bond motifs is 1. The van der Waals surface area contributed by atoms with Gasteiger partial charge in [0.25, 0.3) is 11.5 Å². The predicted molar refractivity (Wildman–Crippen MR) is 124 cm³/mol. The molecule has 1 amide bonds. The third-order valence-corrected chi connectivity index (χ3v) is 6.47. The lowest BCUT2D eigenvalue weighted by molar-refractivity contribution is 0.0708. The van der Waals surface area contributed by atoms with E-state index in [1.54, 1.807) is 23.2 Å². The maximum absolute atomic E-state index is 13.1. The fraction of sp³-hybridized carbons (Fsp3) is 0.458. The van der Waals surface area contributed by atoms with E-state index in [0.717, 1.165) is 49.7 Å². The molecular formula is C24H28N6O3.